The Bertz CT molecular complexity index is 1050. The van der Waals surface area contributed by atoms with Crippen molar-refractivity contribution in [1.82, 2.24) is 15.5 Å². The molecule has 0 saturated heterocycles. The van der Waals surface area contributed by atoms with Crippen LogP contribution >= 0.6 is 0 Å². The summed E-state index contributed by atoms with van der Waals surface area (Å²) >= 11 is 0. The van der Waals surface area contributed by atoms with Crippen molar-refractivity contribution in [1.29, 1.82) is 0 Å². The van der Waals surface area contributed by atoms with E-state index in [1.165, 1.54) is 7.05 Å². The van der Waals surface area contributed by atoms with E-state index >= 15 is 0 Å². The second-order valence-corrected chi connectivity index (χ2v) is 6.87. The fourth-order valence-corrected chi connectivity index (χ4v) is 3.33. The molecule has 0 aromatic heterocycles. The van der Waals surface area contributed by atoms with Crippen molar-refractivity contribution in [2.45, 2.75) is 6.04 Å². The quantitative estimate of drug-likeness (QED) is 0.589. The fraction of sp³-hybridized carbons (Fsp3) is 0.174. The van der Waals surface area contributed by atoms with Crippen molar-refractivity contribution in [3.05, 3.63) is 78.4 Å². The van der Waals surface area contributed by atoms with Gasteiger partial charge in [-0.3, -0.25) is 19.8 Å². The van der Waals surface area contributed by atoms with E-state index in [0.717, 1.165) is 10.8 Å². The number of carbonyl (C=O) groups excluding carboxylic acids is 3. The molecule has 0 unspecified atom stereocenters. The number of urea groups is 1. The second kappa shape index (κ2) is 9.67. The third-order valence-electron chi connectivity index (χ3n) is 4.72. The van der Waals surface area contributed by atoms with Crippen molar-refractivity contribution in [2.24, 2.45) is 0 Å². The number of hydrogen-bond donors (Lipinski definition) is 3. The molecule has 154 valence electrons. The van der Waals surface area contributed by atoms with Crippen LogP contribution in [0.25, 0.3) is 10.8 Å². The number of carbonyl (C=O) groups is 3. The number of anilines is 1. The van der Waals surface area contributed by atoms with Crippen LogP contribution in [0.4, 0.5) is 10.5 Å². The molecule has 0 radical (unpaired) electrons. The molecule has 7 heteroatoms. The molecule has 3 N–H and O–H groups in total. The summed E-state index contributed by atoms with van der Waals surface area (Å²) in [6.45, 7) is -0.0378. The van der Waals surface area contributed by atoms with Crippen LogP contribution in [0, 0.1) is 0 Å². The van der Waals surface area contributed by atoms with Crippen LogP contribution in [0.15, 0.2) is 72.8 Å². The Morgan fingerprint density at radius 3 is 2.30 bits per heavy atom. The van der Waals surface area contributed by atoms with Gasteiger partial charge in [-0.1, -0.05) is 66.7 Å². The second-order valence-electron chi connectivity index (χ2n) is 6.87. The van der Waals surface area contributed by atoms with Gasteiger partial charge in [0.1, 0.15) is 6.04 Å². The van der Waals surface area contributed by atoms with Gasteiger partial charge in [-0.25, -0.2) is 4.79 Å². The number of rotatable bonds is 6. The molecule has 0 fully saturated rings. The summed E-state index contributed by atoms with van der Waals surface area (Å²) in [6, 6.07) is 21.1. The Morgan fingerprint density at radius 1 is 0.900 bits per heavy atom. The number of likely N-dealkylation sites (N-methyl/N-ethyl adjacent to an activating group) is 1. The molecule has 0 heterocycles. The van der Waals surface area contributed by atoms with Gasteiger partial charge in [-0.05, 0) is 24.1 Å². The van der Waals surface area contributed by atoms with Crippen molar-refractivity contribution in [3.8, 4) is 0 Å². The minimum atomic E-state index is -0.804. The standard InChI is InChI=1S/C23H24N4O3/c1-24-23(30)26-22(29)21(17-10-4-3-5-11-17)27(2)15-20(28)25-19-14-8-12-16-9-6-7-13-18(16)19/h3-14,21H,15H2,1-2H3,(H,25,28)(H2,24,26,29,30)/t21-/m0/s1. The SMILES string of the molecule is CNC(=O)NC(=O)[C@H](c1ccccc1)N(C)CC(=O)Nc1cccc2ccccc12. The normalized spacial score (nSPS) is 11.7. The van der Waals surface area contributed by atoms with E-state index in [4.69, 9.17) is 0 Å². The first-order valence-corrected chi connectivity index (χ1v) is 9.55. The molecule has 4 amide bonds. The Morgan fingerprint density at radius 2 is 1.57 bits per heavy atom. The van der Waals surface area contributed by atoms with Crippen molar-refractivity contribution < 1.29 is 14.4 Å². The maximum Gasteiger partial charge on any atom is 0.321 e. The maximum atomic E-state index is 12.7. The topological polar surface area (TPSA) is 90.5 Å². The van der Waals surface area contributed by atoms with Gasteiger partial charge in [-0.15, -0.1) is 0 Å². The Balaban J connectivity index is 1.77. The van der Waals surface area contributed by atoms with Gasteiger partial charge in [0, 0.05) is 18.1 Å². The molecule has 0 bridgehead atoms. The number of nitrogens with zero attached hydrogens (tertiary/aromatic N) is 1. The lowest BCUT2D eigenvalue weighted by atomic mass is 10.0. The third-order valence-corrected chi connectivity index (χ3v) is 4.72. The van der Waals surface area contributed by atoms with E-state index in [0.29, 0.717) is 11.3 Å². The number of benzene rings is 3. The van der Waals surface area contributed by atoms with Gasteiger partial charge < -0.3 is 10.6 Å². The smallest absolute Gasteiger partial charge is 0.321 e. The minimum absolute atomic E-state index is 0.0378. The van der Waals surface area contributed by atoms with Crippen molar-refractivity contribution in [2.75, 3.05) is 26.0 Å². The summed E-state index contributed by atoms with van der Waals surface area (Å²) in [4.78, 5) is 38.7. The molecule has 0 aliphatic rings. The summed E-state index contributed by atoms with van der Waals surface area (Å²) in [5, 5.41) is 9.54. The van der Waals surface area contributed by atoms with E-state index in [9.17, 15) is 14.4 Å². The highest BCUT2D eigenvalue weighted by Gasteiger charge is 2.27. The molecule has 7 nitrogen and oxygen atoms in total. The Kier molecular flexibility index (Phi) is 6.77. The molecule has 30 heavy (non-hydrogen) atoms. The van der Waals surface area contributed by atoms with Crippen LogP contribution in [-0.4, -0.2) is 43.4 Å². The van der Waals surface area contributed by atoms with Crippen LogP contribution in [0.2, 0.25) is 0 Å². The number of fused-ring (bicyclic) bond motifs is 1. The largest absolute Gasteiger partial charge is 0.341 e. The highest BCUT2D eigenvalue weighted by atomic mass is 16.2. The zero-order chi connectivity index (χ0) is 21.5. The molecule has 1 atom stereocenters. The fourth-order valence-electron chi connectivity index (χ4n) is 3.33. The lowest BCUT2D eigenvalue weighted by molar-refractivity contribution is -0.126. The maximum absolute atomic E-state index is 12.7. The third kappa shape index (κ3) is 5.01. The lowest BCUT2D eigenvalue weighted by Crippen LogP contribution is -2.46. The first-order chi connectivity index (χ1) is 14.5. The van der Waals surface area contributed by atoms with Crippen LogP contribution in [-0.2, 0) is 9.59 Å². The number of nitrogens with one attached hydrogen (secondary N) is 3. The predicted octanol–water partition coefficient (Wildman–Crippen LogP) is 2.91. The highest BCUT2D eigenvalue weighted by molar-refractivity contribution is 6.03. The van der Waals surface area contributed by atoms with Gasteiger partial charge in [0.15, 0.2) is 0 Å². The van der Waals surface area contributed by atoms with E-state index in [2.05, 4.69) is 16.0 Å². The summed E-state index contributed by atoms with van der Waals surface area (Å²) in [5.41, 5.74) is 1.39. The average Bonchev–Trinajstić information content (AvgIpc) is 2.74. The Labute approximate surface area is 175 Å². The highest BCUT2D eigenvalue weighted by Crippen LogP contribution is 2.24. The van der Waals surface area contributed by atoms with Crippen LogP contribution in [0.5, 0.6) is 0 Å². The van der Waals surface area contributed by atoms with Crippen LogP contribution < -0.4 is 16.0 Å². The van der Waals surface area contributed by atoms with Gasteiger partial charge in [0.05, 0.1) is 6.54 Å². The first kappa shape index (κ1) is 21.0. The van der Waals surface area contributed by atoms with Crippen LogP contribution in [0.1, 0.15) is 11.6 Å². The molecule has 3 aromatic carbocycles. The molecular weight excluding hydrogens is 380 g/mol. The number of hydrogen-bond acceptors (Lipinski definition) is 4. The summed E-state index contributed by atoms with van der Waals surface area (Å²) in [5.74, 6) is -0.775. The molecule has 0 saturated carbocycles. The lowest BCUT2D eigenvalue weighted by Gasteiger charge is -2.26. The van der Waals surface area contributed by atoms with Gasteiger partial charge in [0.25, 0.3) is 0 Å². The molecule has 3 rings (SSSR count). The molecular formula is C23H24N4O3. The zero-order valence-corrected chi connectivity index (χ0v) is 16.9. The van der Waals surface area contributed by atoms with E-state index in [-0.39, 0.29) is 12.5 Å². The van der Waals surface area contributed by atoms with E-state index in [1.54, 1.807) is 36.2 Å². The van der Waals surface area contributed by atoms with Gasteiger partial charge >= 0.3 is 6.03 Å². The van der Waals surface area contributed by atoms with Gasteiger partial charge in [0.2, 0.25) is 11.8 Å². The summed E-state index contributed by atoms with van der Waals surface area (Å²) in [6.07, 6.45) is 0. The summed E-state index contributed by atoms with van der Waals surface area (Å²) < 4.78 is 0. The number of amides is 4. The zero-order valence-electron chi connectivity index (χ0n) is 16.9. The average molecular weight is 404 g/mol. The van der Waals surface area contributed by atoms with Crippen LogP contribution in [0.3, 0.4) is 0 Å². The monoisotopic (exact) mass is 404 g/mol. The summed E-state index contributed by atoms with van der Waals surface area (Å²) in [7, 11) is 3.10. The van der Waals surface area contributed by atoms with Crippen molar-refractivity contribution >= 4 is 34.3 Å². The molecule has 0 aliphatic heterocycles. The van der Waals surface area contributed by atoms with Crippen molar-refractivity contribution in [3.63, 3.8) is 0 Å². The Hall–Kier alpha value is -3.71. The predicted molar refractivity (Wildman–Crippen MR) is 117 cm³/mol. The van der Waals surface area contributed by atoms with Gasteiger partial charge in [-0.2, -0.15) is 0 Å². The van der Waals surface area contributed by atoms with E-state index < -0.39 is 18.0 Å². The molecule has 3 aromatic rings. The minimum Gasteiger partial charge on any atom is -0.341 e. The molecule has 0 spiro atoms. The first-order valence-electron chi connectivity index (χ1n) is 9.55. The molecule has 0 aliphatic carbocycles. The van der Waals surface area contributed by atoms with E-state index in [1.807, 2.05) is 48.5 Å². The number of imide groups is 1.